The first-order valence-corrected chi connectivity index (χ1v) is 8.28. The molecule has 2 aromatic rings. The van der Waals surface area contributed by atoms with E-state index in [0.29, 0.717) is 15.6 Å². The molecule has 1 atom stereocenters. The Balaban J connectivity index is 1.88. The van der Waals surface area contributed by atoms with E-state index in [-0.39, 0.29) is 23.5 Å². The second-order valence-electron chi connectivity index (χ2n) is 5.16. The first-order valence-electron chi connectivity index (χ1n) is 7.15. The Labute approximate surface area is 155 Å². The lowest BCUT2D eigenvalue weighted by atomic mass is 10.1. The Kier molecular flexibility index (Phi) is 6.49. The number of carbonyl (C=O) groups is 2. The van der Waals surface area contributed by atoms with Gasteiger partial charge in [0.25, 0.3) is 5.91 Å². The van der Waals surface area contributed by atoms with Crippen molar-refractivity contribution in [2.24, 2.45) is 0 Å². The van der Waals surface area contributed by atoms with Gasteiger partial charge in [0.05, 0.1) is 22.6 Å². The SMILES string of the molecule is CC(NC(=O)CNC(=O)c1ccc(Cl)c(Cl)c1)c1cccc(Cl)c1. The molecule has 4 nitrogen and oxygen atoms in total. The molecule has 0 saturated heterocycles. The van der Waals surface area contributed by atoms with E-state index >= 15 is 0 Å². The van der Waals surface area contributed by atoms with Crippen LogP contribution in [0.2, 0.25) is 15.1 Å². The third-order valence-corrected chi connectivity index (χ3v) is 4.29. The average Bonchev–Trinajstić information content (AvgIpc) is 2.55. The van der Waals surface area contributed by atoms with Crippen molar-refractivity contribution in [3.05, 3.63) is 68.7 Å². The molecule has 0 bridgehead atoms. The monoisotopic (exact) mass is 384 g/mol. The smallest absolute Gasteiger partial charge is 0.251 e. The fraction of sp³-hybridized carbons (Fsp3) is 0.176. The van der Waals surface area contributed by atoms with E-state index in [1.54, 1.807) is 12.1 Å². The van der Waals surface area contributed by atoms with Gasteiger partial charge in [0.15, 0.2) is 0 Å². The summed E-state index contributed by atoms with van der Waals surface area (Å²) in [6.45, 7) is 1.69. The van der Waals surface area contributed by atoms with Crippen molar-refractivity contribution in [1.29, 1.82) is 0 Å². The summed E-state index contributed by atoms with van der Waals surface area (Å²) in [7, 11) is 0. The predicted octanol–water partition coefficient (Wildman–Crippen LogP) is 4.25. The molecule has 0 aliphatic heterocycles. The van der Waals surface area contributed by atoms with Crippen LogP contribution in [0.15, 0.2) is 42.5 Å². The number of hydrogen-bond donors (Lipinski definition) is 2. The van der Waals surface area contributed by atoms with E-state index in [2.05, 4.69) is 10.6 Å². The third kappa shape index (κ3) is 5.13. The molecule has 0 radical (unpaired) electrons. The second-order valence-corrected chi connectivity index (χ2v) is 6.41. The number of halogens is 3. The van der Waals surface area contributed by atoms with Gasteiger partial charge in [0.1, 0.15) is 0 Å². The predicted molar refractivity (Wildman–Crippen MR) is 96.8 cm³/mol. The van der Waals surface area contributed by atoms with Gasteiger partial charge >= 0.3 is 0 Å². The summed E-state index contributed by atoms with van der Waals surface area (Å²) in [6.07, 6.45) is 0. The largest absolute Gasteiger partial charge is 0.348 e. The number of carbonyl (C=O) groups excluding carboxylic acids is 2. The minimum Gasteiger partial charge on any atom is -0.348 e. The Bertz CT molecular complexity index is 765. The van der Waals surface area contributed by atoms with E-state index in [9.17, 15) is 9.59 Å². The van der Waals surface area contributed by atoms with Crippen molar-refractivity contribution in [2.45, 2.75) is 13.0 Å². The van der Waals surface area contributed by atoms with Crippen LogP contribution in [0, 0.1) is 0 Å². The highest BCUT2D eigenvalue weighted by atomic mass is 35.5. The van der Waals surface area contributed by atoms with Crippen LogP contribution < -0.4 is 10.6 Å². The number of hydrogen-bond acceptors (Lipinski definition) is 2. The highest BCUT2D eigenvalue weighted by molar-refractivity contribution is 6.42. The molecule has 0 heterocycles. The van der Waals surface area contributed by atoms with E-state index in [1.165, 1.54) is 18.2 Å². The molecule has 0 aliphatic rings. The zero-order valence-electron chi connectivity index (χ0n) is 12.8. The first kappa shape index (κ1) is 18.6. The summed E-state index contributed by atoms with van der Waals surface area (Å²) in [5, 5.41) is 6.57. The van der Waals surface area contributed by atoms with Crippen LogP contribution in [0.3, 0.4) is 0 Å². The fourth-order valence-electron chi connectivity index (χ4n) is 2.05. The summed E-state index contributed by atoms with van der Waals surface area (Å²) in [4.78, 5) is 24.0. The number of benzene rings is 2. The van der Waals surface area contributed by atoms with Crippen LogP contribution in [0.1, 0.15) is 28.9 Å². The zero-order valence-corrected chi connectivity index (χ0v) is 15.0. The highest BCUT2D eigenvalue weighted by Gasteiger charge is 2.12. The van der Waals surface area contributed by atoms with Crippen LogP contribution in [-0.2, 0) is 4.79 Å². The van der Waals surface area contributed by atoms with Crippen molar-refractivity contribution < 1.29 is 9.59 Å². The lowest BCUT2D eigenvalue weighted by molar-refractivity contribution is -0.120. The fourth-order valence-corrected chi connectivity index (χ4v) is 2.55. The summed E-state index contributed by atoms with van der Waals surface area (Å²) in [5.74, 6) is -0.713. The molecule has 0 spiro atoms. The number of amides is 2. The maximum absolute atomic E-state index is 12.0. The van der Waals surface area contributed by atoms with Crippen molar-refractivity contribution in [3.63, 3.8) is 0 Å². The summed E-state index contributed by atoms with van der Waals surface area (Å²) in [5.41, 5.74) is 1.21. The molecule has 0 fully saturated rings. The number of rotatable bonds is 5. The van der Waals surface area contributed by atoms with Crippen LogP contribution in [0.25, 0.3) is 0 Å². The molecule has 2 rings (SSSR count). The first-order chi connectivity index (χ1) is 11.4. The van der Waals surface area contributed by atoms with Gasteiger partial charge in [0.2, 0.25) is 5.91 Å². The molecule has 2 N–H and O–H groups in total. The van der Waals surface area contributed by atoms with Crippen LogP contribution >= 0.6 is 34.8 Å². The Morgan fingerprint density at radius 3 is 2.46 bits per heavy atom. The number of nitrogens with one attached hydrogen (secondary N) is 2. The van der Waals surface area contributed by atoms with Gasteiger partial charge < -0.3 is 10.6 Å². The molecule has 2 aromatic carbocycles. The van der Waals surface area contributed by atoms with Crippen LogP contribution in [0.4, 0.5) is 0 Å². The van der Waals surface area contributed by atoms with Crippen LogP contribution in [0.5, 0.6) is 0 Å². The van der Waals surface area contributed by atoms with Gasteiger partial charge in [-0.1, -0.05) is 46.9 Å². The zero-order chi connectivity index (χ0) is 17.7. The van der Waals surface area contributed by atoms with Crippen molar-refractivity contribution in [3.8, 4) is 0 Å². The molecule has 126 valence electrons. The van der Waals surface area contributed by atoms with E-state index in [1.807, 2.05) is 19.1 Å². The average molecular weight is 386 g/mol. The van der Waals surface area contributed by atoms with Crippen LogP contribution in [-0.4, -0.2) is 18.4 Å². The Morgan fingerprint density at radius 1 is 1.04 bits per heavy atom. The van der Waals surface area contributed by atoms with Crippen molar-refractivity contribution in [1.82, 2.24) is 10.6 Å². The minimum absolute atomic E-state index is 0.149. The van der Waals surface area contributed by atoms with Gasteiger partial charge in [-0.25, -0.2) is 0 Å². The quantitative estimate of drug-likeness (QED) is 0.808. The Hall–Kier alpha value is -1.75. The Morgan fingerprint density at radius 2 is 1.79 bits per heavy atom. The molecular weight excluding hydrogens is 371 g/mol. The summed E-state index contributed by atoms with van der Waals surface area (Å²) in [6, 6.07) is 11.5. The maximum Gasteiger partial charge on any atom is 0.251 e. The second kappa shape index (κ2) is 8.38. The molecule has 1 unspecified atom stereocenters. The van der Waals surface area contributed by atoms with Crippen molar-refractivity contribution in [2.75, 3.05) is 6.54 Å². The molecule has 0 aromatic heterocycles. The molecule has 0 saturated carbocycles. The molecule has 0 aliphatic carbocycles. The van der Waals surface area contributed by atoms with Gasteiger partial charge in [0, 0.05) is 10.6 Å². The molecule has 2 amide bonds. The standard InChI is InChI=1S/C17H15Cl3N2O2/c1-10(11-3-2-4-13(18)7-11)22-16(23)9-21-17(24)12-5-6-14(19)15(20)8-12/h2-8,10H,9H2,1H3,(H,21,24)(H,22,23). The topological polar surface area (TPSA) is 58.2 Å². The lowest BCUT2D eigenvalue weighted by Gasteiger charge is -2.15. The lowest BCUT2D eigenvalue weighted by Crippen LogP contribution is -2.38. The summed E-state index contributed by atoms with van der Waals surface area (Å²) >= 11 is 17.6. The highest BCUT2D eigenvalue weighted by Crippen LogP contribution is 2.22. The van der Waals surface area contributed by atoms with E-state index < -0.39 is 5.91 Å². The van der Waals surface area contributed by atoms with E-state index in [4.69, 9.17) is 34.8 Å². The normalized spacial score (nSPS) is 11.7. The van der Waals surface area contributed by atoms with Gasteiger partial charge in [-0.05, 0) is 42.8 Å². The maximum atomic E-state index is 12.0. The van der Waals surface area contributed by atoms with Gasteiger partial charge in [-0.15, -0.1) is 0 Å². The minimum atomic E-state index is -0.404. The molecule has 7 heteroatoms. The summed E-state index contributed by atoms with van der Waals surface area (Å²) < 4.78 is 0. The molecular formula is C17H15Cl3N2O2. The molecule has 24 heavy (non-hydrogen) atoms. The van der Waals surface area contributed by atoms with Crippen molar-refractivity contribution >= 4 is 46.6 Å². The van der Waals surface area contributed by atoms with E-state index in [0.717, 1.165) is 5.56 Å². The van der Waals surface area contributed by atoms with Gasteiger partial charge in [-0.2, -0.15) is 0 Å². The van der Waals surface area contributed by atoms with Gasteiger partial charge in [-0.3, -0.25) is 9.59 Å². The third-order valence-electron chi connectivity index (χ3n) is 3.32.